The number of anilines is 1. The average molecular weight is 267 g/mol. The fourth-order valence-electron chi connectivity index (χ4n) is 1.31. The molecule has 7 nitrogen and oxygen atoms in total. The minimum absolute atomic E-state index is 0.204. The first-order chi connectivity index (χ1) is 8.66. The van der Waals surface area contributed by atoms with Gasteiger partial charge in [-0.05, 0) is 6.07 Å². The van der Waals surface area contributed by atoms with E-state index in [0.29, 0.717) is 18.7 Å². The van der Waals surface area contributed by atoms with Crippen LogP contribution in [0.15, 0.2) is 24.7 Å². The van der Waals surface area contributed by atoms with Crippen molar-refractivity contribution in [1.82, 2.24) is 25.3 Å². The van der Waals surface area contributed by atoms with Crippen molar-refractivity contribution in [1.29, 1.82) is 0 Å². The van der Waals surface area contributed by atoms with Gasteiger partial charge in [-0.2, -0.15) is 0 Å². The standard InChI is InChI=1S/C10H11ClN6O/c11-8-5-7(6-14-9(8)12)10(18)13-1-3-17-4-2-15-16-17/h2,4-6H,1,3H2,(H2,12,14)(H,13,18). The number of carbonyl (C=O) groups is 1. The number of pyridine rings is 1. The van der Waals surface area contributed by atoms with Crippen molar-refractivity contribution in [3.8, 4) is 0 Å². The van der Waals surface area contributed by atoms with Gasteiger partial charge in [0.05, 0.1) is 23.3 Å². The highest BCUT2D eigenvalue weighted by molar-refractivity contribution is 6.33. The van der Waals surface area contributed by atoms with E-state index in [-0.39, 0.29) is 16.7 Å². The summed E-state index contributed by atoms with van der Waals surface area (Å²) < 4.78 is 1.62. The molecule has 0 aliphatic rings. The molecule has 2 rings (SSSR count). The van der Waals surface area contributed by atoms with Gasteiger partial charge in [0.25, 0.3) is 5.91 Å². The van der Waals surface area contributed by atoms with Gasteiger partial charge in [-0.15, -0.1) is 5.10 Å². The van der Waals surface area contributed by atoms with Crippen molar-refractivity contribution in [3.63, 3.8) is 0 Å². The smallest absolute Gasteiger partial charge is 0.252 e. The van der Waals surface area contributed by atoms with E-state index < -0.39 is 0 Å². The number of nitrogen functional groups attached to an aromatic ring is 1. The van der Waals surface area contributed by atoms with Crippen LogP contribution in [0.2, 0.25) is 5.02 Å². The maximum Gasteiger partial charge on any atom is 0.252 e. The van der Waals surface area contributed by atoms with Crippen LogP contribution in [-0.2, 0) is 6.54 Å². The second-order valence-electron chi connectivity index (χ2n) is 3.51. The third kappa shape index (κ3) is 2.95. The molecule has 0 bridgehead atoms. The van der Waals surface area contributed by atoms with E-state index >= 15 is 0 Å². The number of nitrogens with one attached hydrogen (secondary N) is 1. The fourth-order valence-corrected chi connectivity index (χ4v) is 1.48. The van der Waals surface area contributed by atoms with E-state index in [0.717, 1.165) is 0 Å². The van der Waals surface area contributed by atoms with Gasteiger partial charge in [0, 0.05) is 18.9 Å². The molecular formula is C10H11ClN6O. The highest BCUT2D eigenvalue weighted by Gasteiger charge is 2.08. The zero-order chi connectivity index (χ0) is 13.0. The van der Waals surface area contributed by atoms with E-state index in [1.54, 1.807) is 17.1 Å². The number of carbonyl (C=O) groups excluding carboxylic acids is 1. The van der Waals surface area contributed by atoms with E-state index in [1.165, 1.54) is 12.3 Å². The highest BCUT2D eigenvalue weighted by Crippen LogP contribution is 2.16. The molecule has 2 aromatic rings. The van der Waals surface area contributed by atoms with E-state index in [4.69, 9.17) is 17.3 Å². The SMILES string of the molecule is Nc1ncc(C(=O)NCCn2ccnn2)cc1Cl. The first kappa shape index (κ1) is 12.3. The number of aromatic nitrogens is 4. The van der Waals surface area contributed by atoms with Crippen molar-refractivity contribution in [2.45, 2.75) is 6.54 Å². The molecule has 0 atom stereocenters. The zero-order valence-electron chi connectivity index (χ0n) is 9.38. The lowest BCUT2D eigenvalue weighted by Gasteiger charge is -2.05. The molecule has 0 spiro atoms. The summed E-state index contributed by atoms with van der Waals surface area (Å²) >= 11 is 5.78. The lowest BCUT2D eigenvalue weighted by molar-refractivity contribution is 0.0951. The summed E-state index contributed by atoms with van der Waals surface area (Å²) in [5.74, 6) is -0.0552. The van der Waals surface area contributed by atoms with Crippen LogP contribution in [0.5, 0.6) is 0 Å². The van der Waals surface area contributed by atoms with Crippen molar-refractivity contribution >= 4 is 23.3 Å². The maximum atomic E-state index is 11.7. The van der Waals surface area contributed by atoms with Crippen LogP contribution >= 0.6 is 11.6 Å². The molecule has 0 saturated heterocycles. The van der Waals surface area contributed by atoms with Crippen LogP contribution in [0.3, 0.4) is 0 Å². The molecule has 8 heteroatoms. The predicted molar refractivity (Wildman–Crippen MR) is 66.0 cm³/mol. The van der Waals surface area contributed by atoms with E-state index in [1.807, 2.05) is 0 Å². The van der Waals surface area contributed by atoms with Crippen molar-refractivity contribution in [3.05, 3.63) is 35.2 Å². The number of hydrogen-bond donors (Lipinski definition) is 2. The van der Waals surface area contributed by atoms with E-state index in [9.17, 15) is 4.79 Å². The summed E-state index contributed by atoms with van der Waals surface area (Å²) in [7, 11) is 0. The molecule has 2 aromatic heterocycles. The van der Waals surface area contributed by atoms with Gasteiger partial charge in [-0.1, -0.05) is 16.8 Å². The summed E-state index contributed by atoms with van der Waals surface area (Å²) in [5, 5.41) is 10.4. The Morgan fingerprint density at radius 2 is 2.39 bits per heavy atom. The first-order valence-corrected chi connectivity index (χ1v) is 5.58. The van der Waals surface area contributed by atoms with Gasteiger partial charge in [0.15, 0.2) is 0 Å². The van der Waals surface area contributed by atoms with Gasteiger partial charge >= 0.3 is 0 Å². The Balaban J connectivity index is 1.89. The molecule has 3 N–H and O–H groups in total. The lowest BCUT2D eigenvalue weighted by atomic mass is 10.2. The van der Waals surface area contributed by atoms with Crippen LogP contribution in [-0.4, -0.2) is 32.4 Å². The largest absolute Gasteiger partial charge is 0.382 e. The summed E-state index contributed by atoms with van der Waals surface area (Å²) in [5.41, 5.74) is 5.83. The Hall–Kier alpha value is -2.15. The Kier molecular flexibility index (Phi) is 3.73. The molecule has 0 aliphatic carbocycles. The maximum absolute atomic E-state index is 11.7. The number of amides is 1. The van der Waals surface area contributed by atoms with Crippen LogP contribution in [0, 0.1) is 0 Å². The number of nitrogens with zero attached hydrogens (tertiary/aromatic N) is 4. The molecule has 1 amide bonds. The van der Waals surface area contributed by atoms with E-state index in [2.05, 4.69) is 20.6 Å². The van der Waals surface area contributed by atoms with Crippen LogP contribution < -0.4 is 11.1 Å². The van der Waals surface area contributed by atoms with Crippen molar-refractivity contribution in [2.75, 3.05) is 12.3 Å². The topological polar surface area (TPSA) is 98.7 Å². The molecular weight excluding hydrogens is 256 g/mol. The quantitative estimate of drug-likeness (QED) is 0.831. The Bertz CT molecular complexity index is 541. The second kappa shape index (κ2) is 5.46. The molecule has 0 radical (unpaired) electrons. The van der Waals surface area contributed by atoms with Gasteiger partial charge in [0.2, 0.25) is 0 Å². The lowest BCUT2D eigenvalue weighted by Crippen LogP contribution is -2.27. The third-order valence-electron chi connectivity index (χ3n) is 2.23. The van der Waals surface area contributed by atoms with Gasteiger partial charge in [-0.25, -0.2) is 4.98 Å². The van der Waals surface area contributed by atoms with Crippen LogP contribution in [0.1, 0.15) is 10.4 Å². The summed E-state index contributed by atoms with van der Waals surface area (Å²) in [6.07, 6.45) is 4.67. The molecule has 94 valence electrons. The Morgan fingerprint density at radius 1 is 1.56 bits per heavy atom. The van der Waals surface area contributed by atoms with Gasteiger partial charge < -0.3 is 11.1 Å². The fraction of sp³-hybridized carbons (Fsp3) is 0.200. The first-order valence-electron chi connectivity index (χ1n) is 5.20. The Morgan fingerprint density at radius 3 is 3.06 bits per heavy atom. The monoisotopic (exact) mass is 266 g/mol. The Labute approximate surface area is 108 Å². The minimum Gasteiger partial charge on any atom is -0.382 e. The molecule has 2 heterocycles. The van der Waals surface area contributed by atoms with Crippen molar-refractivity contribution in [2.24, 2.45) is 0 Å². The van der Waals surface area contributed by atoms with Crippen LogP contribution in [0.25, 0.3) is 0 Å². The summed E-state index contributed by atoms with van der Waals surface area (Å²) in [6.45, 7) is 0.978. The number of rotatable bonds is 4. The normalized spacial score (nSPS) is 10.3. The van der Waals surface area contributed by atoms with Crippen molar-refractivity contribution < 1.29 is 4.79 Å². The zero-order valence-corrected chi connectivity index (χ0v) is 10.1. The summed E-state index contributed by atoms with van der Waals surface area (Å²) in [6, 6.07) is 1.48. The number of nitrogens with two attached hydrogens (primary N) is 1. The van der Waals surface area contributed by atoms with Crippen LogP contribution in [0.4, 0.5) is 5.82 Å². The third-order valence-corrected chi connectivity index (χ3v) is 2.53. The number of hydrogen-bond acceptors (Lipinski definition) is 5. The van der Waals surface area contributed by atoms with Gasteiger partial charge in [-0.3, -0.25) is 9.48 Å². The molecule has 0 fully saturated rings. The second-order valence-corrected chi connectivity index (χ2v) is 3.92. The predicted octanol–water partition coefficient (Wildman–Crippen LogP) is 0.339. The molecule has 0 aliphatic heterocycles. The molecule has 18 heavy (non-hydrogen) atoms. The molecule has 0 unspecified atom stereocenters. The number of halogens is 1. The summed E-state index contributed by atoms with van der Waals surface area (Å²) in [4.78, 5) is 15.6. The van der Waals surface area contributed by atoms with Gasteiger partial charge in [0.1, 0.15) is 5.82 Å². The molecule has 0 aromatic carbocycles. The minimum atomic E-state index is -0.260. The molecule has 0 saturated carbocycles. The highest BCUT2D eigenvalue weighted by atomic mass is 35.5. The average Bonchev–Trinajstić information content (AvgIpc) is 2.85.